The van der Waals surface area contributed by atoms with Gasteiger partial charge >= 0.3 is 0 Å². The van der Waals surface area contributed by atoms with Crippen molar-refractivity contribution in [1.29, 1.82) is 0 Å². The van der Waals surface area contributed by atoms with Crippen molar-refractivity contribution in [3.05, 3.63) is 65.5 Å². The maximum absolute atomic E-state index is 4.38. The second-order valence-corrected chi connectivity index (χ2v) is 5.46. The predicted molar refractivity (Wildman–Crippen MR) is 81.4 cm³/mol. The molecule has 1 nitrogen and oxygen atoms in total. The van der Waals surface area contributed by atoms with E-state index in [9.17, 15) is 0 Å². The molecule has 0 fully saturated rings. The number of pyridine rings is 1. The van der Waals surface area contributed by atoms with Crippen LogP contribution in [0.4, 0.5) is 0 Å². The largest absolute Gasteiger partial charge is 0.261 e. The summed E-state index contributed by atoms with van der Waals surface area (Å²) in [5, 5.41) is 0. The number of aromatic nitrogens is 1. The van der Waals surface area contributed by atoms with Crippen LogP contribution in [0.5, 0.6) is 0 Å². The molecular weight excluding hydrogens is 230 g/mol. The summed E-state index contributed by atoms with van der Waals surface area (Å²) in [7, 11) is 0. The van der Waals surface area contributed by atoms with E-state index in [1.54, 1.807) is 0 Å². The van der Waals surface area contributed by atoms with Gasteiger partial charge in [0.05, 0.1) is 0 Å². The second-order valence-electron chi connectivity index (χ2n) is 5.46. The maximum atomic E-state index is 4.38. The highest BCUT2D eigenvalue weighted by atomic mass is 14.7. The van der Waals surface area contributed by atoms with E-state index in [4.69, 9.17) is 0 Å². The highest BCUT2D eigenvalue weighted by Crippen LogP contribution is 2.31. The SMILES string of the molecule is CCC(C)(CC)c1ccc(Cc2ccccn2)cc1. The zero-order chi connectivity index (χ0) is 13.7. The van der Waals surface area contributed by atoms with Crippen molar-refractivity contribution in [2.24, 2.45) is 0 Å². The Kier molecular flexibility index (Phi) is 4.36. The van der Waals surface area contributed by atoms with E-state index in [0.29, 0.717) is 5.41 Å². The lowest BCUT2D eigenvalue weighted by molar-refractivity contribution is 0.439. The lowest BCUT2D eigenvalue weighted by Gasteiger charge is -2.27. The van der Waals surface area contributed by atoms with E-state index >= 15 is 0 Å². The standard InChI is InChI=1S/C18H23N/c1-4-18(3,5-2)16-11-9-15(10-12-16)14-17-8-6-7-13-19-17/h6-13H,4-5,14H2,1-3H3. The van der Waals surface area contributed by atoms with Gasteiger partial charge in [0, 0.05) is 18.3 Å². The molecule has 0 amide bonds. The molecule has 2 aromatic rings. The van der Waals surface area contributed by atoms with Crippen LogP contribution in [0.3, 0.4) is 0 Å². The van der Waals surface area contributed by atoms with Crippen LogP contribution in [0.15, 0.2) is 48.7 Å². The van der Waals surface area contributed by atoms with E-state index in [0.717, 1.165) is 12.1 Å². The van der Waals surface area contributed by atoms with E-state index in [1.807, 2.05) is 18.3 Å². The number of hydrogen-bond acceptors (Lipinski definition) is 1. The van der Waals surface area contributed by atoms with Gasteiger partial charge in [-0.3, -0.25) is 4.98 Å². The average Bonchev–Trinajstić information content (AvgIpc) is 2.48. The van der Waals surface area contributed by atoms with Crippen molar-refractivity contribution in [1.82, 2.24) is 4.98 Å². The molecular formula is C18H23N. The predicted octanol–water partition coefficient (Wildman–Crippen LogP) is 4.75. The summed E-state index contributed by atoms with van der Waals surface area (Å²) in [4.78, 5) is 4.38. The molecule has 0 saturated carbocycles. The van der Waals surface area contributed by atoms with Gasteiger partial charge in [-0.15, -0.1) is 0 Å². The lowest BCUT2D eigenvalue weighted by Crippen LogP contribution is -2.19. The van der Waals surface area contributed by atoms with Crippen LogP contribution in [-0.4, -0.2) is 4.98 Å². The summed E-state index contributed by atoms with van der Waals surface area (Å²) >= 11 is 0. The third kappa shape index (κ3) is 3.23. The number of nitrogens with zero attached hydrogens (tertiary/aromatic N) is 1. The summed E-state index contributed by atoms with van der Waals surface area (Å²) in [6.45, 7) is 6.89. The Morgan fingerprint density at radius 3 is 2.16 bits per heavy atom. The third-order valence-corrected chi connectivity index (χ3v) is 4.32. The number of hydrogen-bond donors (Lipinski definition) is 0. The molecule has 0 aliphatic heterocycles. The molecule has 0 bridgehead atoms. The molecule has 0 radical (unpaired) electrons. The molecule has 19 heavy (non-hydrogen) atoms. The van der Waals surface area contributed by atoms with Crippen LogP contribution < -0.4 is 0 Å². The van der Waals surface area contributed by atoms with E-state index in [2.05, 4.69) is 56.1 Å². The van der Waals surface area contributed by atoms with E-state index in [-0.39, 0.29) is 0 Å². The molecule has 0 aliphatic carbocycles. The molecule has 0 spiro atoms. The first-order valence-electron chi connectivity index (χ1n) is 7.17. The smallest absolute Gasteiger partial charge is 0.0447 e. The van der Waals surface area contributed by atoms with Crippen LogP contribution in [0.25, 0.3) is 0 Å². The van der Waals surface area contributed by atoms with Gasteiger partial charge in [0.1, 0.15) is 0 Å². The van der Waals surface area contributed by atoms with Crippen molar-refractivity contribution in [3.8, 4) is 0 Å². The van der Waals surface area contributed by atoms with Crippen LogP contribution >= 0.6 is 0 Å². The number of benzene rings is 1. The Labute approximate surface area is 116 Å². The zero-order valence-electron chi connectivity index (χ0n) is 12.2. The topological polar surface area (TPSA) is 12.9 Å². The quantitative estimate of drug-likeness (QED) is 0.749. The molecule has 1 heterocycles. The average molecular weight is 253 g/mol. The molecule has 0 unspecified atom stereocenters. The first-order chi connectivity index (χ1) is 9.18. The second kappa shape index (κ2) is 6.01. The van der Waals surface area contributed by atoms with Crippen molar-refractivity contribution < 1.29 is 0 Å². The first-order valence-corrected chi connectivity index (χ1v) is 7.17. The monoisotopic (exact) mass is 253 g/mol. The van der Waals surface area contributed by atoms with Gasteiger partial charge in [0.2, 0.25) is 0 Å². The Hall–Kier alpha value is -1.63. The minimum absolute atomic E-state index is 0.309. The molecule has 1 aromatic carbocycles. The summed E-state index contributed by atoms with van der Waals surface area (Å²) < 4.78 is 0. The van der Waals surface area contributed by atoms with E-state index < -0.39 is 0 Å². The fourth-order valence-electron chi connectivity index (χ4n) is 2.40. The van der Waals surface area contributed by atoms with Gasteiger partial charge in [-0.2, -0.15) is 0 Å². The van der Waals surface area contributed by atoms with E-state index in [1.165, 1.54) is 24.0 Å². The summed E-state index contributed by atoms with van der Waals surface area (Å²) in [5.41, 5.74) is 4.21. The van der Waals surface area contributed by atoms with Crippen LogP contribution in [0, 0.1) is 0 Å². The minimum atomic E-state index is 0.309. The summed E-state index contributed by atoms with van der Waals surface area (Å²) in [6, 6.07) is 15.1. The fourth-order valence-corrected chi connectivity index (χ4v) is 2.40. The zero-order valence-corrected chi connectivity index (χ0v) is 12.2. The van der Waals surface area contributed by atoms with Crippen molar-refractivity contribution in [2.45, 2.75) is 45.4 Å². The third-order valence-electron chi connectivity index (χ3n) is 4.32. The van der Waals surface area contributed by atoms with Gasteiger partial charge in [0.15, 0.2) is 0 Å². The minimum Gasteiger partial charge on any atom is -0.261 e. The van der Waals surface area contributed by atoms with Crippen LogP contribution in [-0.2, 0) is 11.8 Å². The molecule has 100 valence electrons. The normalized spacial score (nSPS) is 11.5. The van der Waals surface area contributed by atoms with Gasteiger partial charge in [0.25, 0.3) is 0 Å². The molecule has 0 atom stereocenters. The highest BCUT2D eigenvalue weighted by Gasteiger charge is 2.21. The molecule has 1 aromatic heterocycles. The molecule has 2 rings (SSSR count). The Balaban J connectivity index is 2.15. The van der Waals surface area contributed by atoms with Gasteiger partial charge in [-0.25, -0.2) is 0 Å². The number of rotatable bonds is 5. The Bertz CT molecular complexity index is 495. The highest BCUT2D eigenvalue weighted by molar-refractivity contribution is 5.30. The molecule has 0 aliphatic rings. The summed E-state index contributed by atoms with van der Waals surface area (Å²) in [6.07, 6.45) is 5.14. The summed E-state index contributed by atoms with van der Waals surface area (Å²) in [5.74, 6) is 0. The molecule has 1 heteroatoms. The van der Waals surface area contributed by atoms with Crippen molar-refractivity contribution in [3.63, 3.8) is 0 Å². The van der Waals surface area contributed by atoms with Gasteiger partial charge < -0.3 is 0 Å². The maximum Gasteiger partial charge on any atom is 0.0447 e. The fraction of sp³-hybridized carbons (Fsp3) is 0.389. The first kappa shape index (κ1) is 13.8. The van der Waals surface area contributed by atoms with Crippen molar-refractivity contribution >= 4 is 0 Å². The van der Waals surface area contributed by atoms with Crippen molar-refractivity contribution in [2.75, 3.05) is 0 Å². The van der Waals surface area contributed by atoms with Gasteiger partial charge in [-0.1, -0.05) is 51.1 Å². The molecule has 0 saturated heterocycles. The lowest BCUT2D eigenvalue weighted by atomic mass is 9.77. The molecule has 0 N–H and O–H groups in total. The van der Waals surface area contributed by atoms with Gasteiger partial charge in [-0.05, 0) is 41.5 Å². The van der Waals surface area contributed by atoms with Crippen LogP contribution in [0.1, 0.15) is 50.4 Å². The van der Waals surface area contributed by atoms with Crippen LogP contribution in [0.2, 0.25) is 0 Å². The Morgan fingerprint density at radius 1 is 0.947 bits per heavy atom. The Morgan fingerprint density at radius 2 is 1.63 bits per heavy atom.